The van der Waals surface area contributed by atoms with Gasteiger partial charge in [-0.1, -0.05) is 12.1 Å². The summed E-state index contributed by atoms with van der Waals surface area (Å²) in [6, 6.07) is 8.17. The molecule has 0 spiro atoms. The molecule has 3 N–H and O–H groups in total. The van der Waals surface area contributed by atoms with Crippen molar-refractivity contribution in [3.63, 3.8) is 0 Å². The highest BCUT2D eigenvalue weighted by Gasteiger charge is 2.21. The second-order valence-corrected chi connectivity index (χ2v) is 5.01. The molecule has 1 aromatic carbocycles. The van der Waals surface area contributed by atoms with Gasteiger partial charge in [0.25, 0.3) is 0 Å². The molecule has 0 unspecified atom stereocenters. The van der Waals surface area contributed by atoms with Crippen LogP contribution in [0.4, 0.5) is 10.5 Å². The summed E-state index contributed by atoms with van der Waals surface area (Å²) in [5, 5.41) is 22.8. The number of amides is 2. The molecule has 0 radical (unpaired) electrons. The number of hydrogen-bond acceptors (Lipinski definition) is 3. The molecule has 0 aromatic heterocycles. The molecule has 20 heavy (non-hydrogen) atoms. The van der Waals surface area contributed by atoms with Gasteiger partial charge < -0.3 is 15.7 Å². The van der Waals surface area contributed by atoms with Gasteiger partial charge in [0.05, 0.1) is 11.3 Å². The van der Waals surface area contributed by atoms with E-state index in [0.29, 0.717) is 17.7 Å². The van der Waals surface area contributed by atoms with E-state index in [1.54, 1.807) is 38.1 Å². The van der Waals surface area contributed by atoms with Crippen molar-refractivity contribution in [2.75, 3.05) is 5.32 Å². The number of carbonyl (C=O) groups is 2. The highest BCUT2D eigenvalue weighted by atomic mass is 16.4. The highest BCUT2D eigenvalue weighted by molar-refractivity contribution is 5.91. The SMILES string of the molecule is CC(C)(CCC(=O)O)NC(=O)Nc1ccccc1C#N. The number of para-hydroxylation sites is 1. The second-order valence-electron chi connectivity index (χ2n) is 5.01. The molecule has 0 aliphatic rings. The Labute approximate surface area is 117 Å². The van der Waals surface area contributed by atoms with Crippen molar-refractivity contribution in [3.8, 4) is 6.07 Å². The smallest absolute Gasteiger partial charge is 0.319 e. The molecule has 0 fully saturated rings. The van der Waals surface area contributed by atoms with Gasteiger partial charge in [0.1, 0.15) is 6.07 Å². The van der Waals surface area contributed by atoms with E-state index in [1.165, 1.54) is 0 Å². The fourth-order valence-corrected chi connectivity index (χ4v) is 1.63. The number of nitriles is 1. The molecule has 0 bridgehead atoms. The molecular formula is C14H17N3O3. The maximum Gasteiger partial charge on any atom is 0.319 e. The number of nitrogens with one attached hydrogen (secondary N) is 2. The number of carboxylic acid groups (broad SMARTS) is 1. The lowest BCUT2D eigenvalue weighted by molar-refractivity contribution is -0.137. The van der Waals surface area contributed by atoms with Gasteiger partial charge >= 0.3 is 12.0 Å². The van der Waals surface area contributed by atoms with Crippen LogP contribution in [0.2, 0.25) is 0 Å². The van der Waals surface area contributed by atoms with Gasteiger partial charge in [0, 0.05) is 12.0 Å². The van der Waals surface area contributed by atoms with E-state index in [4.69, 9.17) is 10.4 Å². The minimum Gasteiger partial charge on any atom is -0.481 e. The molecule has 0 aliphatic carbocycles. The van der Waals surface area contributed by atoms with Crippen molar-refractivity contribution in [2.45, 2.75) is 32.2 Å². The van der Waals surface area contributed by atoms with Crippen LogP contribution in [-0.4, -0.2) is 22.6 Å². The van der Waals surface area contributed by atoms with E-state index in [9.17, 15) is 9.59 Å². The summed E-state index contributed by atoms with van der Waals surface area (Å²) >= 11 is 0. The largest absolute Gasteiger partial charge is 0.481 e. The lowest BCUT2D eigenvalue weighted by Gasteiger charge is -2.25. The van der Waals surface area contributed by atoms with Crippen molar-refractivity contribution in [2.24, 2.45) is 0 Å². The van der Waals surface area contributed by atoms with Crippen molar-refractivity contribution in [1.82, 2.24) is 5.32 Å². The topological polar surface area (TPSA) is 102 Å². The zero-order valence-corrected chi connectivity index (χ0v) is 11.4. The zero-order chi connectivity index (χ0) is 15.2. The first-order chi connectivity index (χ1) is 9.34. The first-order valence-corrected chi connectivity index (χ1v) is 6.14. The molecule has 0 saturated heterocycles. The summed E-state index contributed by atoms with van der Waals surface area (Å²) in [5.41, 5.74) is 0.136. The highest BCUT2D eigenvalue weighted by Crippen LogP contribution is 2.15. The van der Waals surface area contributed by atoms with Crippen LogP contribution in [0.1, 0.15) is 32.3 Å². The van der Waals surface area contributed by atoms with Gasteiger partial charge in [-0.25, -0.2) is 4.79 Å². The molecular weight excluding hydrogens is 258 g/mol. The molecule has 0 aliphatic heterocycles. The van der Waals surface area contributed by atoms with Crippen LogP contribution >= 0.6 is 0 Å². The molecule has 0 saturated carbocycles. The van der Waals surface area contributed by atoms with Crippen LogP contribution in [0.5, 0.6) is 0 Å². The van der Waals surface area contributed by atoms with Crippen LogP contribution in [-0.2, 0) is 4.79 Å². The minimum atomic E-state index is -0.907. The lowest BCUT2D eigenvalue weighted by atomic mass is 9.99. The van der Waals surface area contributed by atoms with Gasteiger partial charge in [-0.3, -0.25) is 4.79 Å². The lowest BCUT2D eigenvalue weighted by Crippen LogP contribution is -2.45. The van der Waals surface area contributed by atoms with Gasteiger partial charge in [-0.05, 0) is 32.4 Å². The number of carboxylic acids is 1. The summed E-state index contributed by atoms with van der Waals surface area (Å²) in [6.07, 6.45) is 0.289. The fraction of sp³-hybridized carbons (Fsp3) is 0.357. The Bertz CT molecular complexity index is 547. The molecule has 0 atom stereocenters. The third-order valence-electron chi connectivity index (χ3n) is 2.71. The van der Waals surface area contributed by atoms with E-state index >= 15 is 0 Å². The number of benzene rings is 1. The van der Waals surface area contributed by atoms with Gasteiger partial charge in [0.15, 0.2) is 0 Å². The predicted molar refractivity (Wildman–Crippen MR) is 74.3 cm³/mol. The number of rotatable bonds is 5. The number of carbonyl (C=O) groups excluding carboxylic acids is 1. The van der Waals surface area contributed by atoms with E-state index < -0.39 is 17.5 Å². The fourth-order valence-electron chi connectivity index (χ4n) is 1.63. The van der Waals surface area contributed by atoms with Crippen LogP contribution in [0.3, 0.4) is 0 Å². The summed E-state index contributed by atoms with van der Waals surface area (Å²) < 4.78 is 0. The molecule has 1 rings (SSSR count). The van der Waals surface area contributed by atoms with Gasteiger partial charge in [-0.2, -0.15) is 5.26 Å². The standard InChI is InChI=1S/C14H17N3O3/c1-14(2,8-7-12(18)19)17-13(20)16-11-6-4-3-5-10(11)9-15/h3-6H,7-8H2,1-2H3,(H,18,19)(H2,16,17,20). The third kappa shape index (κ3) is 4.98. The number of hydrogen-bond donors (Lipinski definition) is 3. The number of aliphatic carboxylic acids is 1. The molecule has 6 heteroatoms. The Balaban J connectivity index is 2.63. The van der Waals surface area contributed by atoms with Crippen LogP contribution in [0, 0.1) is 11.3 Å². The van der Waals surface area contributed by atoms with Crippen molar-refractivity contribution in [1.29, 1.82) is 5.26 Å². The molecule has 106 valence electrons. The van der Waals surface area contributed by atoms with Crippen LogP contribution < -0.4 is 10.6 Å². The van der Waals surface area contributed by atoms with Crippen molar-refractivity contribution in [3.05, 3.63) is 29.8 Å². The minimum absolute atomic E-state index is 0.0257. The second kappa shape index (κ2) is 6.57. The average Bonchev–Trinajstić information content (AvgIpc) is 2.36. The van der Waals surface area contributed by atoms with Crippen molar-refractivity contribution >= 4 is 17.7 Å². The first-order valence-electron chi connectivity index (χ1n) is 6.14. The Hall–Kier alpha value is -2.55. The third-order valence-corrected chi connectivity index (χ3v) is 2.71. The number of urea groups is 1. The van der Waals surface area contributed by atoms with E-state index in [-0.39, 0.29) is 6.42 Å². The molecule has 1 aromatic rings. The molecule has 2 amide bonds. The average molecular weight is 275 g/mol. The Morgan fingerprint density at radius 3 is 2.60 bits per heavy atom. The van der Waals surface area contributed by atoms with Crippen molar-refractivity contribution < 1.29 is 14.7 Å². The van der Waals surface area contributed by atoms with Crippen LogP contribution in [0.15, 0.2) is 24.3 Å². The number of nitrogens with zero attached hydrogens (tertiary/aromatic N) is 1. The Kier molecular flexibility index (Phi) is 5.09. The Morgan fingerprint density at radius 2 is 2.00 bits per heavy atom. The monoisotopic (exact) mass is 275 g/mol. The van der Waals surface area contributed by atoms with Gasteiger partial charge in [0.2, 0.25) is 0 Å². The summed E-state index contributed by atoms with van der Waals surface area (Å²) in [7, 11) is 0. The quantitative estimate of drug-likeness (QED) is 0.767. The normalized spacial score (nSPS) is 10.4. The van der Waals surface area contributed by atoms with Crippen LogP contribution in [0.25, 0.3) is 0 Å². The Morgan fingerprint density at radius 1 is 1.35 bits per heavy atom. The molecule has 6 nitrogen and oxygen atoms in total. The van der Waals surface area contributed by atoms with E-state index in [1.807, 2.05) is 6.07 Å². The summed E-state index contributed by atoms with van der Waals surface area (Å²) in [5.74, 6) is -0.907. The maximum atomic E-state index is 11.9. The zero-order valence-electron chi connectivity index (χ0n) is 11.4. The molecule has 0 heterocycles. The summed E-state index contributed by atoms with van der Waals surface area (Å²) in [6.45, 7) is 3.48. The number of anilines is 1. The van der Waals surface area contributed by atoms with E-state index in [0.717, 1.165) is 0 Å². The predicted octanol–water partition coefficient (Wildman–Crippen LogP) is 2.32. The van der Waals surface area contributed by atoms with Gasteiger partial charge in [-0.15, -0.1) is 0 Å². The van der Waals surface area contributed by atoms with E-state index in [2.05, 4.69) is 10.6 Å². The first kappa shape index (κ1) is 15.5. The summed E-state index contributed by atoms with van der Waals surface area (Å²) in [4.78, 5) is 22.4. The maximum absolute atomic E-state index is 11.9.